The zero-order valence-electron chi connectivity index (χ0n) is 14.0. The summed E-state index contributed by atoms with van der Waals surface area (Å²) in [6.07, 6.45) is 0. The van der Waals surface area contributed by atoms with E-state index in [1.807, 2.05) is 67.6 Å². The van der Waals surface area contributed by atoms with E-state index in [4.69, 9.17) is 0 Å². The van der Waals surface area contributed by atoms with Crippen molar-refractivity contribution in [3.05, 3.63) is 107 Å². The second-order valence-electron chi connectivity index (χ2n) is 6.04. The molecule has 0 aliphatic rings. The zero-order chi connectivity index (χ0) is 17.6. The summed E-state index contributed by atoms with van der Waals surface area (Å²) in [5.74, 6) is -0.742. The van der Waals surface area contributed by atoms with Crippen LogP contribution in [0.1, 0.15) is 35.6 Å². The van der Waals surface area contributed by atoms with Crippen molar-refractivity contribution in [1.29, 1.82) is 0 Å². The Kier molecular flexibility index (Phi) is 5.24. The van der Waals surface area contributed by atoms with Gasteiger partial charge in [0.1, 0.15) is 5.82 Å². The van der Waals surface area contributed by atoms with Gasteiger partial charge in [0.05, 0.1) is 12.0 Å². The van der Waals surface area contributed by atoms with Gasteiger partial charge in [-0.1, -0.05) is 72.8 Å². The van der Waals surface area contributed by atoms with Crippen LogP contribution in [0.25, 0.3) is 0 Å². The largest absolute Gasteiger partial charge is 0.349 e. The van der Waals surface area contributed by atoms with Crippen molar-refractivity contribution in [2.24, 2.45) is 0 Å². The highest BCUT2D eigenvalue weighted by Gasteiger charge is 2.24. The summed E-state index contributed by atoms with van der Waals surface area (Å²) in [7, 11) is 0. The molecular formula is C22H20FNO. The molecule has 0 spiro atoms. The summed E-state index contributed by atoms with van der Waals surface area (Å²) < 4.78 is 13.1. The van der Waals surface area contributed by atoms with Gasteiger partial charge in [0, 0.05) is 0 Å². The highest BCUT2D eigenvalue weighted by atomic mass is 19.1. The summed E-state index contributed by atoms with van der Waals surface area (Å²) >= 11 is 0. The van der Waals surface area contributed by atoms with Crippen LogP contribution in [-0.4, -0.2) is 5.91 Å². The highest BCUT2D eigenvalue weighted by molar-refractivity contribution is 5.87. The second-order valence-corrected chi connectivity index (χ2v) is 6.04. The van der Waals surface area contributed by atoms with Crippen molar-refractivity contribution < 1.29 is 9.18 Å². The Morgan fingerprint density at radius 1 is 0.760 bits per heavy atom. The summed E-state index contributed by atoms with van der Waals surface area (Å²) in [6, 6.07) is 25.4. The lowest BCUT2D eigenvalue weighted by Crippen LogP contribution is -2.32. The van der Waals surface area contributed by atoms with Gasteiger partial charge in [-0.25, -0.2) is 4.39 Å². The maximum Gasteiger partial charge on any atom is 0.232 e. The van der Waals surface area contributed by atoms with Crippen LogP contribution in [0, 0.1) is 5.82 Å². The Morgan fingerprint density at radius 3 is 1.72 bits per heavy atom. The lowest BCUT2D eigenvalue weighted by Gasteiger charge is -2.21. The van der Waals surface area contributed by atoms with E-state index in [1.165, 1.54) is 12.1 Å². The van der Waals surface area contributed by atoms with E-state index in [0.717, 1.165) is 16.7 Å². The molecule has 1 amide bonds. The molecule has 3 rings (SSSR count). The number of rotatable bonds is 5. The number of carbonyl (C=O) groups excluding carboxylic acids is 1. The van der Waals surface area contributed by atoms with E-state index in [1.54, 1.807) is 12.1 Å². The standard InChI is InChI=1S/C22H20FNO/c1-16(17-12-14-20(23)15-13-17)24-22(25)21(18-8-4-2-5-9-18)19-10-6-3-7-11-19/h2-16,21H,1H3,(H,24,25)/t16-/m0/s1. The predicted octanol–water partition coefficient (Wildman–Crippen LogP) is 4.84. The number of nitrogens with one attached hydrogen (secondary N) is 1. The van der Waals surface area contributed by atoms with E-state index in [9.17, 15) is 9.18 Å². The molecule has 3 aromatic carbocycles. The molecule has 3 heteroatoms. The third kappa shape index (κ3) is 4.13. The first kappa shape index (κ1) is 16.9. The summed E-state index contributed by atoms with van der Waals surface area (Å²) in [5, 5.41) is 3.05. The fourth-order valence-corrected chi connectivity index (χ4v) is 2.92. The van der Waals surface area contributed by atoms with Crippen LogP contribution in [0.15, 0.2) is 84.9 Å². The fourth-order valence-electron chi connectivity index (χ4n) is 2.92. The number of amides is 1. The van der Waals surface area contributed by atoms with E-state index in [2.05, 4.69) is 5.32 Å². The minimum Gasteiger partial charge on any atom is -0.349 e. The molecule has 0 saturated carbocycles. The Bertz CT molecular complexity index is 776. The maximum absolute atomic E-state index is 13.1. The van der Waals surface area contributed by atoms with Crippen LogP contribution in [0.4, 0.5) is 4.39 Å². The Labute approximate surface area is 147 Å². The molecule has 1 N–H and O–H groups in total. The average Bonchev–Trinajstić information content (AvgIpc) is 2.64. The van der Waals surface area contributed by atoms with Gasteiger partial charge in [-0.2, -0.15) is 0 Å². The molecule has 0 bridgehead atoms. The van der Waals surface area contributed by atoms with Gasteiger partial charge in [0.25, 0.3) is 0 Å². The molecule has 126 valence electrons. The molecule has 0 radical (unpaired) electrons. The van der Waals surface area contributed by atoms with Crippen molar-refractivity contribution >= 4 is 5.91 Å². The molecule has 0 heterocycles. The van der Waals surface area contributed by atoms with Gasteiger partial charge in [-0.15, -0.1) is 0 Å². The van der Waals surface area contributed by atoms with Crippen LogP contribution in [0.2, 0.25) is 0 Å². The summed E-state index contributed by atoms with van der Waals surface area (Å²) in [4.78, 5) is 13.0. The first-order valence-corrected chi connectivity index (χ1v) is 8.31. The minimum absolute atomic E-state index is 0.0748. The predicted molar refractivity (Wildman–Crippen MR) is 97.7 cm³/mol. The fraction of sp³-hybridized carbons (Fsp3) is 0.136. The Morgan fingerprint density at radius 2 is 1.24 bits per heavy atom. The topological polar surface area (TPSA) is 29.1 Å². The molecule has 3 aromatic rings. The van der Waals surface area contributed by atoms with Crippen LogP contribution >= 0.6 is 0 Å². The number of benzene rings is 3. The van der Waals surface area contributed by atoms with Crippen LogP contribution in [-0.2, 0) is 4.79 Å². The van der Waals surface area contributed by atoms with Gasteiger partial charge < -0.3 is 5.32 Å². The molecule has 25 heavy (non-hydrogen) atoms. The monoisotopic (exact) mass is 333 g/mol. The third-order valence-corrected chi connectivity index (χ3v) is 4.26. The van der Waals surface area contributed by atoms with Crippen molar-refractivity contribution in [3.8, 4) is 0 Å². The molecule has 0 aliphatic carbocycles. The zero-order valence-corrected chi connectivity index (χ0v) is 14.0. The number of halogens is 1. The smallest absolute Gasteiger partial charge is 0.232 e. The first-order chi connectivity index (χ1) is 12.1. The Hall–Kier alpha value is -2.94. The third-order valence-electron chi connectivity index (χ3n) is 4.26. The SMILES string of the molecule is C[C@H](NC(=O)C(c1ccccc1)c1ccccc1)c1ccc(F)cc1. The van der Waals surface area contributed by atoms with E-state index >= 15 is 0 Å². The number of hydrogen-bond acceptors (Lipinski definition) is 1. The first-order valence-electron chi connectivity index (χ1n) is 8.31. The molecule has 0 unspecified atom stereocenters. The van der Waals surface area contributed by atoms with Gasteiger partial charge in [0.2, 0.25) is 5.91 Å². The highest BCUT2D eigenvalue weighted by Crippen LogP contribution is 2.26. The van der Waals surface area contributed by atoms with E-state index in [-0.39, 0.29) is 23.7 Å². The minimum atomic E-state index is -0.384. The molecule has 0 aliphatic heterocycles. The van der Waals surface area contributed by atoms with E-state index < -0.39 is 0 Å². The van der Waals surface area contributed by atoms with Gasteiger partial charge in [0.15, 0.2) is 0 Å². The summed E-state index contributed by atoms with van der Waals surface area (Å²) in [6.45, 7) is 1.90. The van der Waals surface area contributed by atoms with Gasteiger partial charge in [-0.05, 0) is 35.7 Å². The van der Waals surface area contributed by atoms with Crippen LogP contribution < -0.4 is 5.32 Å². The van der Waals surface area contributed by atoms with Crippen molar-refractivity contribution in [2.45, 2.75) is 18.9 Å². The second kappa shape index (κ2) is 7.75. The average molecular weight is 333 g/mol. The molecule has 2 nitrogen and oxygen atoms in total. The lowest BCUT2D eigenvalue weighted by molar-refractivity contribution is -0.122. The van der Waals surface area contributed by atoms with Crippen LogP contribution in [0.3, 0.4) is 0 Å². The van der Waals surface area contributed by atoms with Crippen molar-refractivity contribution in [2.75, 3.05) is 0 Å². The lowest BCUT2D eigenvalue weighted by atomic mass is 9.90. The summed E-state index contributed by atoms with van der Waals surface area (Å²) in [5.41, 5.74) is 2.75. The van der Waals surface area contributed by atoms with Gasteiger partial charge in [-0.3, -0.25) is 4.79 Å². The quantitative estimate of drug-likeness (QED) is 0.711. The molecule has 1 atom stereocenters. The molecular weight excluding hydrogens is 313 g/mol. The van der Waals surface area contributed by atoms with Crippen LogP contribution in [0.5, 0.6) is 0 Å². The molecule has 0 aromatic heterocycles. The van der Waals surface area contributed by atoms with Crippen molar-refractivity contribution in [1.82, 2.24) is 5.32 Å². The molecule has 0 saturated heterocycles. The van der Waals surface area contributed by atoms with Gasteiger partial charge >= 0.3 is 0 Å². The van der Waals surface area contributed by atoms with E-state index in [0.29, 0.717) is 0 Å². The maximum atomic E-state index is 13.1. The normalized spacial score (nSPS) is 12.0. The number of carbonyl (C=O) groups is 1. The molecule has 0 fully saturated rings. The van der Waals surface area contributed by atoms with Crippen molar-refractivity contribution in [3.63, 3.8) is 0 Å². The Balaban J connectivity index is 1.86. The number of hydrogen-bond donors (Lipinski definition) is 1.